The van der Waals surface area contributed by atoms with Crippen molar-refractivity contribution < 1.29 is 0 Å². The van der Waals surface area contributed by atoms with Gasteiger partial charge in [-0.1, -0.05) is 58.4 Å². The highest BCUT2D eigenvalue weighted by molar-refractivity contribution is 7.07. The van der Waals surface area contributed by atoms with E-state index < -0.39 is 8.07 Å². The number of nitrogens with zero attached hydrogens (tertiary/aromatic N) is 2. The molecule has 33 heavy (non-hydrogen) atoms. The Morgan fingerprint density at radius 1 is 0.667 bits per heavy atom. The van der Waals surface area contributed by atoms with E-state index in [4.69, 9.17) is 0 Å². The van der Waals surface area contributed by atoms with Crippen LogP contribution in [0.2, 0.25) is 18.5 Å². The van der Waals surface area contributed by atoms with Crippen molar-refractivity contribution in [1.82, 2.24) is 9.62 Å². The summed E-state index contributed by atoms with van der Waals surface area (Å²) in [7, 11) is -1.86. The second kappa shape index (κ2) is 7.83. The first-order valence-corrected chi connectivity index (χ1v) is 16.2. The fraction of sp³-hybridized carbons (Fsp3) is 0.643. The fourth-order valence-electron chi connectivity index (χ4n) is 8.10. The van der Waals surface area contributed by atoms with Gasteiger partial charge in [0.25, 0.3) is 6.85 Å². The molecule has 0 saturated carbocycles. The quantitative estimate of drug-likeness (QED) is 0.397. The van der Waals surface area contributed by atoms with E-state index in [0.717, 1.165) is 0 Å². The maximum atomic E-state index is 2.82. The van der Waals surface area contributed by atoms with Gasteiger partial charge in [-0.15, -0.1) is 0 Å². The van der Waals surface area contributed by atoms with Crippen LogP contribution in [-0.4, -0.2) is 43.5 Å². The summed E-state index contributed by atoms with van der Waals surface area (Å²) < 4.78 is 0. The zero-order valence-electron chi connectivity index (χ0n) is 23.9. The molecule has 4 aliphatic rings. The normalized spacial score (nSPS) is 31.1. The molecular weight excluding hydrogens is 414 g/mol. The minimum absolute atomic E-state index is 0.456. The molecule has 0 saturated heterocycles. The predicted octanol–water partition coefficient (Wildman–Crippen LogP) is 7.39. The maximum absolute atomic E-state index is 2.82. The van der Waals surface area contributed by atoms with Crippen LogP contribution in [0.25, 0.3) is 0 Å². The van der Waals surface area contributed by atoms with Gasteiger partial charge in [0.15, 0.2) is 0 Å². The van der Waals surface area contributed by atoms with Gasteiger partial charge in [0, 0.05) is 17.8 Å². The Bertz CT molecular complexity index is 1070. The molecule has 4 unspecified atom stereocenters. The molecule has 4 aliphatic heterocycles. The number of rotatable bonds is 2. The summed E-state index contributed by atoms with van der Waals surface area (Å²) in [6.07, 6.45) is 0. The molecule has 0 aromatic heterocycles. The van der Waals surface area contributed by atoms with E-state index in [9.17, 15) is 0 Å². The van der Waals surface area contributed by atoms with Crippen molar-refractivity contribution >= 4 is 21.8 Å². The summed E-state index contributed by atoms with van der Waals surface area (Å²) >= 11 is 0. The highest BCUT2D eigenvalue weighted by atomic mass is 28.3. The van der Waals surface area contributed by atoms with E-state index in [1.54, 1.807) is 33.4 Å². The van der Waals surface area contributed by atoms with Crippen molar-refractivity contribution in [1.29, 1.82) is 0 Å². The molecule has 4 heterocycles. The zero-order valence-corrected chi connectivity index (χ0v) is 24.9. The van der Waals surface area contributed by atoms with Gasteiger partial charge in [-0.2, -0.15) is 0 Å². The standard InChI is InChI=1S/C28H46B2N2Si/c1-15-17(3)23(9)31-25(11)19(5)27(29(31)21(15)7)33(13,14)28-20(6)26(12)32-24(10)18(4)16(2)22(8)30(28)32/h17,23,26-27H,1-14H3. The van der Waals surface area contributed by atoms with Crippen LogP contribution in [0.1, 0.15) is 83.1 Å². The van der Waals surface area contributed by atoms with Crippen molar-refractivity contribution in [2.24, 2.45) is 5.92 Å². The van der Waals surface area contributed by atoms with E-state index >= 15 is 0 Å². The van der Waals surface area contributed by atoms with Crippen LogP contribution in [0.5, 0.6) is 0 Å². The third-order valence-electron chi connectivity index (χ3n) is 10.9. The topological polar surface area (TPSA) is 6.48 Å². The molecule has 5 heteroatoms. The SMILES string of the molecule is CC1=C(C)C(C)=C(C)N2B1C([Si](C)(C)C1B3C(C)=C(C)C(C)C(C)N3C(C)=C1C)=C(C)C2C. The zero-order chi connectivity index (χ0) is 24.9. The number of hydrogen-bond donors (Lipinski definition) is 0. The van der Waals surface area contributed by atoms with Crippen molar-refractivity contribution in [2.75, 3.05) is 0 Å². The third-order valence-corrected chi connectivity index (χ3v) is 15.3. The van der Waals surface area contributed by atoms with Crippen LogP contribution in [0.3, 0.4) is 0 Å². The number of allylic oxidation sites excluding steroid dienone is 7. The van der Waals surface area contributed by atoms with E-state index in [1.807, 2.05) is 5.10 Å². The Morgan fingerprint density at radius 2 is 1.24 bits per heavy atom. The Balaban J connectivity index is 1.90. The van der Waals surface area contributed by atoms with Crippen molar-refractivity contribution in [3.63, 3.8) is 0 Å². The Labute approximate surface area is 206 Å². The van der Waals surface area contributed by atoms with Gasteiger partial charge in [0.2, 0.25) is 0 Å². The van der Waals surface area contributed by atoms with Crippen LogP contribution in [-0.2, 0) is 0 Å². The molecule has 0 fully saturated rings. The van der Waals surface area contributed by atoms with Gasteiger partial charge in [-0.25, -0.2) is 0 Å². The second-order valence-corrected chi connectivity index (χ2v) is 16.9. The second-order valence-electron chi connectivity index (χ2n) is 12.3. The predicted molar refractivity (Wildman–Crippen MR) is 151 cm³/mol. The Morgan fingerprint density at radius 3 is 1.82 bits per heavy atom. The van der Waals surface area contributed by atoms with Crippen LogP contribution in [0.15, 0.2) is 55.3 Å². The molecule has 0 N–H and O–H groups in total. The highest BCUT2D eigenvalue weighted by Gasteiger charge is 2.58. The molecule has 4 rings (SSSR count). The van der Waals surface area contributed by atoms with E-state index in [-0.39, 0.29) is 0 Å². The van der Waals surface area contributed by atoms with Crippen LogP contribution >= 0.6 is 0 Å². The van der Waals surface area contributed by atoms with Crippen LogP contribution in [0.4, 0.5) is 0 Å². The lowest BCUT2D eigenvalue weighted by molar-refractivity contribution is 0.332. The average Bonchev–Trinajstić information content (AvgIpc) is 3.19. The van der Waals surface area contributed by atoms with Gasteiger partial charge in [0.05, 0.1) is 8.07 Å². The van der Waals surface area contributed by atoms with Gasteiger partial charge in [0.1, 0.15) is 0 Å². The molecular formula is C28H46B2N2Si. The lowest BCUT2D eigenvalue weighted by Gasteiger charge is -2.47. The molecule has 0 aliphatic carbocycles. The molecule has 0 radical (unpaired) electrons. The van der Waals surface area contributed by atoms with Gasteiger partial charge < -0.3 is 9.62 Å². The molecule has 0 amide bonds. The lowest BCUT2D eigenvalue weighted by atomic mass is 9.47. The third kappa shape index (κ3) is 3.06. The van der Waals surface area contributed by atoms with Crippen molar-refractivity contribution in [3.05, 3.63) is 55.3 Å². The van der Waals surface area contributed by atoms with Crippen LogP contribution in [0, 0.1) is 5.92 Å². The van der Waals surface area contributed by atoms with E-state index in [2.05, 4.69) is 106 Å². The minimum Gasteiger partial charge on any atom is -0.411 e. The lowest BCUT2D eigenvalue weighted by Crippen LogP contribution is -2.57. The van der Waals surface area contributed by atoms with Crippen molar-refractivity contribution in [3.8, 4) is 0 Å². The molecule has 2 nitrogen and oxygen atoms in total. The summed E-state index contributed by atoms with van der Waals surface area (Å²) in [5.41, 5.74) is 14.8. The maximum Gasteiger partial charge on any atom is 0.311 e. The largest absolute Gasteiger partial charge is 0.411 e. The first kappa shape index (κ1) is 24.8. The first-order chi connectivity index (χ1) is 15.2. The molecule has 0 bridgehead atoms. The monoisotopic (exact) mass is 460 g/mol. The summed E-state index contributed by atoms with van der Waals surface area (Å²) in [4.78, 5) is 5.58. The van der Waals surface area contributed by atoms with E-state index in [0.29, 0.717) is 37.1 Å². The fourth-order valence-corrected chi connectivity index (χ4v) is 13.2. The molecule has 4 atom stereocenters. The Hall–Kier alpha value is -1.35. The number of hydrogen-bond acceptors (Lipinski definition) is 2. The van der Waals surface area contributed by atoms with Gasteiger partial charge in [-0.05, 0) is 98.8 Å². The first-order valence-electron chi connectivity index (χ1n) is 13.1. The molecule has 0 aromatic rings. The smallest absolute Gasteiger partial charge is 0.311 e. The highest BCUT2D eigenvalue weighted by Crippen LogP contribution is 2.54. The average molecular weight is 460 g/mol. The summed E-state index contributed by atoms with van der Waals surface area (Å²) in [6, 6.07) is 1.06. The molecule has 178 valence electrons. The van der Waals surface area contributed by atoms with Crippen LogP contribution < -0.4 is 0 Å². The Kier molecular flexibility index (Phi) is 5.88. The summed E-state index contributed by atoms with van der Waals surface area (Å²) in [6.45, 7) is 35.3. The minimum atomic E-state index is -1.86. The van der Waals surface area contributed by atoms with Gasteiger partial charge in [-0.3, -0.25) is 0 Å². The van der Waals surface area contributed by atoms with Crippen molar-refractivity contribution in [2.45, 2.75) is 114 Å². The van der Waals surface area contributed by atoms with Gasteiger partial charge >= 0.3 is 6.85 Å². The van der Waals surface area contributed by atoms with E-state index in [1.165, 1.54) is 16.8 Å². The molecule has 0 spiro atoms. The molecule has 0 aromatic carbocycles. The number of fused-ring (bicyclic) bond motifs is 2. The summed E-state index contributed by atoms with van der Waals surface area (Å²) in [5, 5.41) is 1.81. The summed E-state index contributed by atoms with van der Waals surface area (Å²) in [5.74, 6) is 0.623.